The van der Waals surface area contributed by atoms with Gasteiger partial charge >= 0.3 is 0 Å². The van der Waals surface area contributed by atoms with Crippen LogP contribution in [0.15, 0.2) is 18.3 Å². The number of hydrogen-bond donors (Lipinski definition) is 1. The van der Waals surface area contributed by atoms with Gasteiger partial charge in [0, 0.05) is 44.5 Å². The molecule has 2 aliphatic heterocycles. The lowest BCUT2D eigenvalue weighted by Crippen LogP contribution is -2.46. The van der Waals surface area contributed by atoms with Crippen molar-refractivity contribution < 1.29 is 9.59 Å². The van der Waals surface area contributed by atoms with Gasteiger partial charge in [0.05, 0.1) is 5.92 Å². The maximum absolute atomic E-state index is 12.7. The van der Waals surface area contributed by atoms with Crippen LogP contribution >= 0.6 is 0 Å². The van der Waals surface area contributed by atoms with Gasteiger partial charge in [-0.25, -0.2) is 0 Å². The second-order valence-corrected chi connectivity index (χ2v) is 7.38. The quantitative estimate of drug-likeness (QED) is 0.898. The molecule has 1 aromatic rings. The van der Waals surface area contributed by atoms with Gasteiger partial charge in [-0.05, 0) is 49.7 Å². The standard InChI is InChI=1S/C18H25N3O2/c22-17(6-5-15-2-1-8-19-15)21-11-14-7-9-20(10-13-3-4-13)18(23)16(14)12-21/h1-2,8,13-14,16,19H,3-7,9-12H2. The Labute approximate surface area is 137 Å². The third-order valence-corrected chi connectivity index (χ3v) is 5.64. The molecule has 5 heteroatoms. The van der Waals surface area contributed by atoms with Gasteiger partial charge in [0.25, 0.3) is 0 Å². The van der Waals surface area contributed by atoms with Gasteiger partial charge < -0.3 is 14.8 Å². The number of aryl methyl sites for hydroxylation is 1. The van der Waals surface area contributed by atoms with Crippen LogP contribution in [-0.2, 0) is 16.0 Å². The van der Waals surface area contributed by atoms with Crippen molar-refractivity contribution >= 4 is 11.8 Å². The zero-order valence-electron chi connectivity index (χ0n) is 13.5. The van der Waals surface area contributed by atoms with Crippen molar-refractivity contribution in [2.24, 2.45) is 17.8 Å². The van der Waals surface area contributed by atoms with Crippen LogP contribution in [-0.4, -0.2) is 52.8 Å². The van der Waals surface area contributed by atoms with Gasteiger partial charge in [-0.1, -0.05) is 0 Å². The van der Waals surface area contributed by atoms with Crippen LogP contribution in [0.2, 0.25) is 0 Å². The van der Waals surface area contributed by atoms with Crippen LogP contribution < -0.4 is 0 Å². The van der Waals surface area contributed by atoms with E-state index in [9.17, 15) is 9.59 Å². The minimum absolute atomic E-state index is 0.0527. The highest BCUT2D eigenvalue weighted by Gasteiger charge is 2.44. The molecular formula is C18H25N3O2. The predicted molar refractivity (Wildman–Crippen MR) is 86.6 cm³/mol. The maximum atomic E-state index is 12.7. The molecular weight excluding hydrogens is 290 g/mol. The van der Waals surface area contributed by atoms with Gasteiger partial charge in [-0.15, -0.1) is 0 Å². The van der Waals surface area contributed by atoms with Gasteiger partial charge in [0.15, 0.2) is 0 Å². The first-order valence-corrected chi connectivity index (χ1v) is 8.89. The fourth-order valence-corrected chi connectivity index (χ4v) is 4.03. The fraction of sp³-hybridized carbons (Fsp3) is 0.667. The van der Waals surface area contributed by atoms with Crippen molar-refractivity contribution in [1.82, 2.24) is 14.8 Å². The molecule has 2 unspecified atom stereocenters. The Morgan fingerprint density at radius 1 is 1.26 bits per heavy atom. The molecule has 2 saturated heterocycles. The third kappa shape index (κ3) is 3.14. The van der Waals surface area contributed by atoms with Crippen molar-refractivity contribution in [1.29, 1.82) is 0 Å². The number of amides is 2. The zero-order valence-corrected chi connectivity index (χ0v) is 13.5. The number of carbonyl (C=O) groups excluding carboxylic acids is 2. The lowest BCUT2D eigenvalue weighted by molar-refractivity contribution is -0.139. The summed E-state index contributed by atoms with van der Waals surface area (Å²) >= 11 is 0. The molecule has 2 atom stereocenters. The first kappa shape index (κ1) is 14.8. The summed E-state index contributed by atoms with van der Waals surface area (Å²) < 4.78 is 0. The lowest BCUT2D eigenvalue weighted by Gasteiger charge is -2.33. The van der Waals surface area contributed by atoms with Crippen molar-refractivity contribution in [3.05, 3.63) is 24.0 Å². The summed E-state index contributed by atoms with van der Waals surface area (Å²) in [7, 11) is 0. The Kier molecular flexibility index (Phi) is 3.87. The number of fused-ring (bicyclic) bond motifs is 1. The van der Waals surface area contributed by atoms with Crippen LogP contribution in [0.1, 0.15) is 31.4 Å². The van der Waals surface area contributed by atoms with Gasteiger partial charge in [-0.2, -0.15) is 0 Å². The normalized spacial score (nSPS) is 27.4. The molecule has 124 valence electrons. The summed E-state index contributed by atoms with van der Waals surface area (Å²) in [5.74, 6) is 1.67. The Hall–Kier alpha value is -1.78. The molecule has 3 heterocycles. The monoisotopic (exact) mass is 315 g/mol. The number of hydrogen-bond acceptors (Lipinski definition) is 2. The first-order valence-electron chi connectivity index (χ1n) is 8.89. The van der Waals surface area contributed by atoms with E-state index >= 15 is 0 Å². The number of nitrogens with zero attached hydrogens (tertiary/aromatic N) is 2. The largest absolute Gasteiger partial charge is 0.365 e. The molecule has 5 nitrogen and oxygen atoms in total. The zero-order chi connectivity index (χ0) is 15.8. The van der Waals surface area contributed by atoms with Crippen molar-refractivity contribution in [2.45, 2.75) is 32.1 Å². The molecule has 1 aromatic heterocycles. The summed E-state index contributed by atoms with van der Waals surface area (Å²) in [5.41, 5.74) is 1.10. The highest BCUT2D eigenvalue weighted by molar-refractivity contribution is 5.83. The van der Waals surface area contributed by atoms with Gasteiger partial charge in [-0.3, -0.25) is 9.59 Å². The van der Waals surface area contributed by atoms with Gasteiger partial charge in [0.1, 0.15) is 0 Å². The van der Waals surface area contributed by atoms with Gasteiger partial charge in [0.2, 0.25) is 11.8 Å². The number of H-pyrrole nitrogens is 1. The Balaban J connectivity index is 1.32. The van der Waals surface area contributed by atoms with Crippen LogP contribution in [0.3, 0.4) is 0 Å². The number of aromatic nitrogens is 1. The van der Waals surface area contributed by atoms with Crippen molar-refractivity contribution in [3.8, 4) is 0 Å². The van der Waals surface area contributed by atoms with Crippen molar-refractivity contribution in [2.75, 3.05) is 26.2 Å². The van der Waals surface area contributed by atoms with Crippen LogP contribution in [0.25, 0.3) is 0 Å². The van der Waals surface area contributed by atoms with E-state index in [0.29, 0.717) is 24.8 Å². The van der Waals surface area contributed by atoms with E-state index in [2.05, 4.69) is 9.88 Å². The predicted octanol–water partition coefficient (Wildman–Crippen LogP) is 1.66. The van der Waals surface area contributed by atoms with E-state index in [0.717, 1.165) is 44.1 Å². The Bertz CT molecular complexity index is 579. The highest BCUT2D eigenvalue weighted by atomic mass is 16.2. The average molecular weight is 315 g/mol. The molecule has 2 amide bonds. The summed E-state index contributed by atoms with van der Waals surface area (Å²) in [5, 5.41) is 0. The molecule has 23 heavy (non-hydrogen) atoms. The van der Waals surface area contributed by atoms with Crippen LogP contribution in [0.4, 0.5) is 0 Å². The maximum Gasteiger partial charge on any atom is 0.227 e. The molecule has 3 aliphatic rings. The molecule has 4 rings (SSSR count). The van der Waals surface area contributed by atoms with Crippen LogP contribution in [0, 0.1) is 17.8 Å². The SMILES string of the molecule is O=C(CCc1ccc[nH]1)N1CC2CCN(CC3CC3)C(=O)C2C1. The molecule has 1 aliphatic carbocycles. The summed E-state index contributed by atoms with van der Waals surface area (Å²) in [6, 6.07) is 3.97. The van der Waals surface area contributed by atoms with E-state index < -0.39 is 0 Å². The number of carbonyl (C=O) groups is 2. The topological polar surface area (TPSA) is 56.4 Å². The highest BCUT2D eigenvalue weighted by Crippen LogP contribution is 2.36. The molecule has 1 saturated carbocycles. The third-order valence-electron chi connectivity index (χ3n) is 5.64. The lowest BCUT2D eigenvalue weighted by atomic mass is 9.88. The summed E-state index contributed by atoms with van der Waals surface area (Å²) in [4.78, 5) is 32.2. The van der Waals surface area contributed by atoms with E-state index in [1.807, 2.05) is 23.2 Å². The second kappa shape index (κ2) is 6.02. The van der Waals surface area contributed by atoms with Crippen molar-refractivity contribution in [3.63, 3.8) is 0 Å². The fourth-order valence-electron chi connectivity index (χ4n) is 4.03. The number of nitrogens with one attached hydrogen (secondary N) is 1. The van der Waals surface area contributed by atoms with Crippen LogP contribution in [0.5, 0.6) is 0 Å². The van der Waals surface area contributed by atoms with E-state index in [4.69, 9.17) is 0 Å². The minimum Gasteiger partial charge on any atom is -0.365 e. The van der Waals surface area contributed by atoms with E-state index in [-0.39, 0.29) is 11.8 Å². The average Bonchev–Trinajstić information content (AvgIpc) is 3.04. The Morgan fingerprint density at radius 2 is 2.13 bits per heavy atom. The number of aromatic amines is 1. The molecule has 1 N–H and O–H groups in total. The molecule has 0 radical (unpaired) electrons. The molecule has 0 bridgehead atoms. The number of piperidine rings is 1. The molecule has 0 spiro atoms. The summed E-state index contributed by atoms with van der Waals surface area (Å²) in [6.45, 7) is 3.25. The second-order valence-electron chi connectivity index (χ2n) is 7.38. The molecule has 0 aromatic carbocycles. The van der Waals surface area contributed by atoms with E-state index in [1.165, 1.54) is 12.8 Å². The minimum atomic E-state index is 0.0527. The smallest absolute Gasteiger partial charge is 0.227 e. The van der Waals surface area contributed by atoms with E-state index in [1.54, 1.807) is 0 Å². The first-order chi connectivity index (χ1) is 11.2. The number of rotatable bonds is 5. The molecule has 3 fully saturated rings. The summed E-state index contributed by atoms with van der Waals surface area (Å²) in [6.07, 6.45) is 6.78. The Morgan fingerprint density at radius 3 is 2.87 bits per heavy atom. The number of likely N-dealkylation sites (tertiary alicyclic amines) is 2.